The summed E-state index contributed by atoms with van der Waals surface area (Å²) < 4.78 is 0. The summed E-state index contributed by atoms with van der Waals surface area (Å²) in [6.07, 6.45) is -0.122. The standard InChI is InChI=1S/C5H9NO4/c1-2-4(6(9)10)3-5(7)8/h4H,2-3H2,1H3,(H,7,8). The molecular formula is C5H9NO4. The Bertz CT molecular complexity index is 145. The van der Waals surface area contributed by atoms with E-state index in [0.717, 1.165) is 0 Å². The number of nitrogens with zero attached hydrogens (tertiary/aromatic N) is 1. The van der Waals surface area contributed by atoms with Gasteiger partial charge in [0.25, 0.3) is 0 Å². The molecule has 0 amide bonds. The molecular weight excluding hydrogens is 138 g/mol. The van der Waals surface area contributed by atoms with Crippen LogP contribution in [0.5, 0.6) is 0 Å². The molecule has 1 N–H and O–H groups in total. The molecule has 0 aliphatic carbocycles. The molecule has 0 aromatic carbocycles. The zero-order valence-electron chi connectivity index (χ0n) is 5.61. The first kappa shape index (κ1) is 8.87. The highest BCUT2D eigenvalue weighted by atomic mass is 16.6. The van der Waals surface area contributed by atoms with Crippen LogP contribution in [0.1, 0.15) is 19.8 Å². The lowest BCUT2D eigenvalue weighted by atomic mass is 10.2. The molecule has 1 unspecified atom stereocenters. The Morgan fingerprint density at radius 1 is 1.80 bits per heavy atom. The number of rotatable bonds is 4. The third-order valence-corrected chi connectivity index (χ3v) is 1.18. The van der Waals surface area contributed by atoms with E-state index in [0.29, 0.717) is 0 Å². The molecule has 0 saturated heterocycles. The van der Waals surface area contributed by atoms with Gasteiger partial charge in [-0.05, 0) is 0 Å². The van der Waals surface area contributed by atoms with Crippen LogP contribution in [-0.4, -0.2) is 22.0 Å². The highest BCUT2D eigenvalue weighted by molar-refractivity contribution is 5.67. The van der Waals surface area contributed by atoms with E-state index >= 15 is 0 Å². The zero-order chi connectivity index (χ0) is 8.15. The van der Waals surface area contributed by atoms with Gasteiger partial charge in [0.1, 0.15) is 6.42 Å². The van der Waals surface area contributed by atoms with Gasteiger partial charge >= 0.3 is 5.97 Å². The fraction of sp³-hybridized carbons (Fsp3) is 0.800. The van der Waals surface area contributed by atoms with Crippen LogP contribution in [0.2, 0.25) is 0 Å². The molecule has 0 aromatic heterocycles. The molecule has 0 aromatic rings. The number of hydrogen-bond donors (Lipinski definition) is 1. The van der Waals surface area contributed by atoms with Gasteiger partial charge in [-0.25, -0.2) is 0 Å². The Morgan fingerprint density at radius 3 is 2.40 bits per heavy atom. The summed E-state index contributed by atoms with van der Waals surface area (Å²) in [6.45, 7) is 1.59. The maximum absolute atomic E-state index is 10.0. The second-order valence-corrected chi connectivity index (χ2v) is 1.95. The first-order chi connectivity index (χ1) is 4.57. The predicted octanol–water partition coefficient (Wildman–Crippen LogP) is 0.516. The van der Waals surface area contributed by atoms with E-state index in [2.05, 4.69) is 0 Å². The Morgan fingerprint density at radius 2 is 2.30 bits per heavy atom. The third kappa shape index (κ3) is 3.01. The van der Waals surface area contributed by atoms with Crippen molar-refractivity contribution in [3.05, 3.63) is 10.1 Å². The van der Waals surface area contributed by atoms with Gasteiger partial charge in [-0.2, -0.15) is 0 Å². The van der Waals surface area contributed by atoms with Crippen molar-refractivity contribution in [1.29, 1.82) is 0 Å². The van der Waals surface area contributed by atoms with Crippen molar-refractivity contribution in [2.45, 2.75) is 25.8 Å². The van der Waals surface area contributed by atoms with Crippen LogP contribution in [0.4, 0.5) is 0 Å². The highest BCUT2D eigenvalue weighted by Crippen LogP contribution is 2.00. The van der Waals surface area contributed by atoms with Crippen LogP contribution < -0.4 is 0 Å². The number of carboxylic acid groups (broad SMARTS) is 1. The zero-order valence-corrected chi connectivity index (χ0v) is 5.61. The highest BCUT2D eigenvalue weighted by Gasteiger charge is 2.20. The molecule has 0 saturated carbocycles. The van der Waals surface area contributed by atoms with E-state index in [1.54, 1.807) is 6.92 Å². The van der Waals surface area contributed by atoms with Crippen LogP contribution in [0.3, 0.4) is 0 Å². The quantitative estimate of drug-likeness (QED) is 0.464. The van der Waals surface area contributed by atoms with Crippen molar-refractivity contribution >= 4 is 5.97 Å². The van der Waals surface area contributed by atoms with Crippen LogP contribution in [0.15, 0.2) is 0 Å². The van der Waals surface area contributed by atoms with Crippen molar-refractivity contribution in [3.63, 3.8) is 0 Å². The molecule has 0 fully saturated rings. The lowest BCUT2D eigenvalue weighted by Crippen LogP contribution is -2.21. The Hall–Kier alpha value is -1.13. The summed E-state index contributed by atoms with van der Waals surface area (Å²) in [7, 11) is 0. The van der Waals surface area contributed by atoms with Crippen molar-refractivity contribution < 1.29 is 14.8 Å². The van der Waals surface area contributed by atoms with Crippen LogP contribution in [0, 0.1) is 10.1 Å². The van der Waals surface area contributed by atoms with Gasteiger partial charge in [0.15, 0.2) is 0 Å². The second kappa shape index (κ2) is 3.81. The fourth-order valence-corrected chi connectivity index (χ4v) is 0.570. The molecule has 0 radical (unpaired) electrons. The number of hydrogen-bond acceptors (Lipinski definition) is 3. The molecule has 0 bridgehead atoms. The maximum atomic E-state index is 10.0. The Balaban J connectivity index is 3.83. The summed E-state index contributed by atoms with van der Waals surface area (Å²) in [5.74, 6) is -1.12. The van der Waals surface area contributed by atoms with Gasteiger partial charge in [-0.1, -0.05) is 6.92 Å². The monoisotopic (exact) mass is 147 g/mol. The molecule has 58 valence electrons. The predicted molar refractivity (Wildman–Crippen MR) is 33.3 cm³/mol. The van der Waals surface area contributed by atoms with Crippen molar-refractivity contribution in [2.75, 3.05) is 0 Å². The molecule has 10 heavy (non-hydrogen) atoms. The minimum absolute atomic E-state index is 0.263. The topological polar surface area (TPSA) is 80.4 Å². The van der Waals surface area contributed by atoms with Crippen LogP contribution >= 0.6 is 0 Å². The van der Waals surface area contributed by atoms with E-state index in [1.807, 2.05) is 0 Å². The first-order valence-electron chi connectivity index (χ1n) is 2.93. The summed E-state index contributed by atoms with van der Waals surface area (Å²) >= 11 is 0. The first-order valence-corrected chi connectivity index (χ1v) is 2.93. The summed E-state index contributed by atoms with van der Waals surface area (Å²) in [4.78, 5) is 19.4. The van der Waals surface area contributed by atoms with Gasteiger partial charge in [-0.3, -0.25) is 14.9 Å². The van der Waals surface area contributed by atoms with E-state index in [9.17, 15) is 14.9 Å². The number of carboxylic acids is 1. The molecule has 0 aliphatic heterocycles. The molecule has 5 heteroatoms. The van der Waals surface area contributed by atoms with Gasteiger partial charge in [0.05, 0.1) is 0 Å². The Labute approximate surface area is 57.8 Å². The maximum Gasteiger partial charge on any atom is 0.310 e. The molecule has 0 aliphatic rings. The van der Waals surface area contributed by atoms with Crippen molar-refractivity contribution in [1.82, 2.24) is 0 Å². The molecule has 0 rings (SSSR count). The molecule has 1 atom stereocenters. The van der Waals surface area contributed by atoms with E-state index < -0.39 is 16.9 Å². The average Bonchev–Trinajstić information content (AvgIpc) is 1.81. The van der Waals surface area contributed by atoms with Gasteiger partial charge in [-0.15, -0.1) is 0 Å². The molecule has 0 spiro atoms. The van der Waals surface area contributed by atoms with Gasteiger partial charge in [0, 0.05) is 11.3 Å². The number of nitro groups is 1. The van der Waals surface area contributed by atoms with Crippen LogP contribution in [-0.2, 0) is 4.79 Å². The van der Waals surface area contributed by atoms with Gasteiger partial charge < -0.3 is 5.11 Å². The largest absolute Gasteiger partial charge is 0.481 e. The number of carbonyl (C=O) groups is 1. The second-order valence-electron chi connectivity index (χ2n) is 1.95. The van der Waals surface area contributed by atoms with Crippen LogP contribution in [0.25, 0.3) is 0 Å². The van der Waals surface area contributed by atoms with E-state index in [-0.39, 0.29) is 12.8 Å². The number of aliphatic carboxylic acids is 1. The average molecular weight is 147 g/mol. The van der Waals surface area contributed by atoms with Crippen molar-refractivity contribution in [2.24, 2.45) is 0 Å². The molecule has 5 nitrogen and oxygen atoms in total. The van der Waals surface area contributed by atoms with E-state index in [4.69, 9.17) is 5.11 Å². The minimum Gasteiger partial charge on any atom is -0.481 e. The Kier molecular flexibility index (Phi) is 3.38. The third-order valence-electron chi connectivity index (χ3n) is 1.18. The molecule has 0 heterocycles. The fourth-order valence-electron chi connectivity index (χ4n) is 0.570. The van der Waals surface area contributed by atoms with E-state index in [1.165, 1.54) is 0 Å². The smallest absolute Gasteiger partial charge is 0.310 e. The summed E-state index contributed by atoms with van der Waals surface area (Å²) in [6, 6.07) is -0.933. The van der Waals surface area contributed by atoms with Gasteiger partial charge in [0.2, 0.25) is 6.04 Å². The lowest BCUT2D eigenvalue weighted by molar-refractivity contribution is -0.521. The van der Waals surface area contributed by atoms with Crippen molar-refractivity contribution in [3.8, 4) is 0 Å². The minimum atomic E-state index is -1.12. The normalized spacial score (nSPS) is 12.5. The lowest BCUT2D eigenvalue weighted by Gasteiger charge is -2.01. The summed E-state index contributed by atoms with van der Waals surface area (Å²) in [5, 5.41) is 18.2. The summed E-state index contributed by atoms with van der Waals surface area (Å²) in [5.41, 5.74) is 0. The SMILES string of the molecule is CCC(CC(=O)O)[N+](=O)[O-].